The van der Waals surface area contributed by atoms with E-state index < -0.39 is 5.76 Å². The SMILES string of the molecule is CN(C)[C@@H](CNC(=O)Cn1c(=O)oc2ccccc21)c1cn(C)c2ccccc12. The Kier molecular flexibility index (Phi) is 4.98. The van der Waals surface area contributed by atoms with Crippen molar-refractivity contribution in [3.05, 3.63) is 70.8 Å². The molecule has 0 radical (unpaired) electrons. The first kappa shape index (κ1) is 19.0. The van der Waals surface area contributed by atoms with Crippen LogP contribution in [0.25, 0.3) is 22.0 Å². The van der Waals surface area contributed by atoms with Gasteiger partial charge in [0, 0.05) is 30.7 Å². The number of nitrogens with zero attached hydrogens (tertiary/aromatic N) is 3. The zero-order chi connectivity index (χ0) is 20.5. The summed E-state index contributed by atoms with van der Waals surface area (Å²) in [6, 6.07) is 15.3. The minimum atomic E-state index is -0.528. The van der Waals surface area contributed by atoms with E-state index in [1.54, 1.807) is 18.2 Å². The Bertz CT molecular complexity index is 1230. The number of likely N-dealkylation sites (N-methyl/N-ethyl adjacent to an activating group) is 1. The van der Waals surface area contributed by atoms with Gasteiger partial charge in [0.15, 0.2) is 5.58 Å². The average Bonchev–Trinajstić information content (AvgIpc) is 3.19. The van der Waals surface area contributed by atoms with E-state index in [0.717, 1.165) is 11.1 Å². The number of para-hydroxylation sites is 3. The van der Waals surface area contributed by atoms with Crippen molar-refractivity contribution in [2.45, 2.75) is 12.6 Å². The van der Waals surface area contributed by atoms with Crippen LogP contribution in [0, 0.1) is 0 Å². The molecule has 0 aliphatic heterocycles. The molecular formula is C22H24N4O3. The molecule has 7 nitrogen and oxygen atoms in total. The molecule has 0 bridgehead atoms. The molecule has 1 N–H and O–H groups in total. The molecule has 150 valence electrons. The van der Waals surface area contributed by atoms with Crippen molar-refractivity contribution in [2.75, 3.05) is 20.6 Å². The third-order valence-corrected chi connectivity index (χ3v) is 5.28. The number of benzene rings is 2. The molecule has 0 saturated carbocycles. The van der Waals surface area contributed by atoms with Gasteiger partial charge in [-0.2, -0.15) is 0 Å². The van der Waals surface area contributed by atoms with Crippen molar-refractivity contribution in [3.63, 3.8) is 0 Å². The summed E-state index contributed by atoms with van der Waals surface area (Å²) in [6.07, 6.45) is 2.11. The second kappa shape index (κ2) is 7.60. The summed E-state index contributed by atoms with van der Waals surface area (Å²) in [5, 5.41) is 4.14. The zero-order valence-electron chi connectivity index (χ0n) is 16.8. The Morgan fingerprint density at radius 1 is 1.10 bits per heavy atom. The van der Waals surface area contributed by atoms with Crippen LogP contribution in [0.3, 0.4) is 0 Å². The lowest BCUT2D eigenvalue weighted by Crippen LogP contribution is -2.37. The lowest BCUT2D eigenvalue weighted by molar-refractivity contribution is -0.121. The number of aromatic nitrogens is 2. The number of nitrogens with one attached hydrogen (secondary N) is 1. The van der Waals surface area contributed by atoms with E-state index in [1.165, 1.54) is 9.95 Å². The van der Waals surface area contributed by atoms with Gasteiger partial charge in [-0.3, -0.25) is 9.36 Å². The van der Waals surface area contributed by atoms with Gasteiger partial charge in [-0.25, -0.2) is 4.79 Å². The number of oxazole rings is 1. The molecule has 2 heterocycles. The number of carbonyl (C=O) groups is 1. The molecule has 1 amide bonds. The summed E-state index contributed by atoms with van der Waals surface area (Å²) in [5.41, 5.74) is 3.40. The molecule has 2 aromatic carbocycles. The Hall–Kier alpha value is -3.32. The van der Waals surface area contributed by atoms with Crippen LogP contribution >= 0.6 is 0 Å². The number of rotatable bonds is 6. The van der Waals surface area contributed by atoms with Crippen molar-refractivity contribution < 1.29 is 9.21 Å². The fourth-order valence-electron chi connectivity index (χ4n) is 3.78. The molecule has 1 atom stereocenters. The molecule has 29 heavy (non-hydrogen) atoms. The number of carbonyl (C=O) groups excluding carboxylic acids is 1. The Balaban J connectivity index is 1.53. The summed E-state index contributed by atoms with van der Waals surface area (Å²) in [5.74, 6) is -0.759. The number of hydrogen-bond acceptors (Lipinski definition) is 4. The van der Waals surface area contributed by atoms with E-state index >= 15 is 0 Å². The first-order valence-electron chi connectivity index (χ1n) is 9.51. The minimum Gasteiger partial charge on any atom is -0.408 e. The summed E-state index contributed by atoms with van der Waals surface area (Å²) in [6.45, 7) is 0.357. The largest absolute Gasteiger partial charge is 0.420 e. The predicted molar refractivity (Wildman–Crippen MR) is 113 cm³/mol. The van der Waals surface area contributed by atoms with E-state index in [4.69, 9.17) is 4.42 Å². The standard InChI is InChI=1S/C22H24N4O3/c1-24(2)19(16-13-25(3)17-9-5-4-8-15(16)17)12-23-21(27)14-26-18-10-6-7-11-20(18)29-22(26)28/h4-11,13,19H,12,14H2,1-3H3,(H,23,27)/t19-/m0/s1. The predicted octanol–water partition coefficient (Wildman–Crippen LogP) is 2.51. The molecule has 0 saturated heterocycles. The fraction of sp³-hybridized carbons (Fsp3) is 0.273. The maximum absolute atomic E-state index is 12.6. The summed E-state index contributed by atoms with van der Waals surface area (Å²) < 4.78 is 8.65. The van der Waals surface area contributed by atoms with Crippen LogP contribution in [0.5, 0.6) is 0 Å². The van der Waals surface area contributed by atoms with Crippen LogP contribution in [0.1, 0.15) is 11.6 Å². The molecular weight excluding hydrogens is 368 g/mol. The number of fused-ring (bicyclic) bond motifs is 2. The first-order valence-corrected chi connectivity index (χ1v) is 9.51. The number of amides is 1. The molecule has 2 aromatic heterocycles. The van der Waals surface area contributed by atoms with Gasteiger partial charge < -0.3 is 19.2 Å². The highest BCUT2D eigenvalue weighted by atomic mass is 16.4. The van der Waals surface area contributed by atoms with Gasteiger partial charge in [-0.15, -0.1) is 0 Å². The zero-order valence-corrected chi connectivity index (χ0v) is 16.8. The summed E-state index contributed by atoms with van der Waals surface area (Å²) >= 11 is 0. The Labute approximate surface area is 168 Å². The molecule has 0 unspecified atom stereocenters. The summed E-state index contributed by atoms with van der Waals surface area (Å²) in [7, 11) is 6.01. The van der Waals surface area contributed by atoms with Gasteiger partial charge >= 0.3 is 5.76 Å². The van der Waals surface area contributed by atoms with Crippen LogP contribution in [0.15, 0.2) is 63.9 Å². The van der Waals surface area contributed by atoms with Crippen LogP contribution in [-0.4, -0.2) is 40.6 Å². The maximum Gasteiger partial charge on any atom is 0.420 e. The Morgan fingerprint density at radius 2 is 1.79 bits per heavy atom. The number of aryl methyl sites for hydroxylation is 1. The monoisotopic (exact) mass is 392 g/mol. The van der Waals surface area contributed by atoms with Crippen molar-refractivity contribution in [1.29, 1.82) is 0 Å². The van der Waals surface area contributed by atoms with Crippen LogP contribution in [0.2, 0.25) is 0 Å². The van der Waals surface area contributed by atoms with Crippen molar-refractivity contribution >= 4 is 27.9 Å². The van der Waals surface area contributed by atoms with E-state index in [2.05, 4.69) is 33.1 Å². The van der Waals surface area contributed by atoms with E-state index in [-0.39, 0.29) is 18.5 Å². The van der Waals surface area contributed by atoms with E-state index in [1.807, 2.05) is 39.3 Å². The summed E-state index contributed by atoms with van der Waals surface area (Å²) in [4.78, 5) is 26.8. The quantitative estimate of drug-likeness (QED) is 0.547. The maximum atomic E-state index is 12.6. The highest BCUT2D eigenvalue weighted by molar-refractivity contribution is 5.84. The third-order valence-electron chi connectivity index (χ3n) is 5.28. The van der Waals surface area contributed by atoms with Gasteiger partial charge in [0.2, 0.25) is 5.91 Å². The van der Waals surface area contributed by atoms with E-state index in [9.17, 15) is 9.59 Å². The molecule has 7 heteroatoms. The van der Waals surface area contributed by atoms with Gasteiger partial charge in [-0.1, -0.05) is 30.3 Å². The molecule has 4 rings (SSSR count). The third kappa shape index (κ3) is 3.56. The molecule has 0 spiro atoms. The average molecular weight is 392 g/mol. The van der Waals surface area contributed by atoms with E-state index in [0.29, 0.717) is 17.6 Å². The van der Waals surface area contributed by atoms with Crippen molar-refractivity contribution in [1.82, 2.24) is 19.4 Å². The van der Waals surface area contributed by atoms with Gasteiger partial charge in [-0.05, 0) is 37.9 Å². The van der Waals surface area contributed by atoms with Crippen LogP contribution in [-0.2, 0) is 18.4 Å². The van der Waals surface area contributed by atoms with Crippen LogP contribution in [0.4, 0.5) is 0 Å². The van der Waals surface area contributed by atoms with Crippen molar-refractivity contribution in [3.8, 4) is 0 Å². The van der Waals surface area contributed by atoms with Gasteiger partial charge in [0.1, 0.15) is 6.54 Å². The molecule has 0 aliphatic rings. The second-order valence-corrected chi connectivity index (χ2v) is 7.42. The van der Waals surface area contributed by atoms with Gasteiger partial charge in [0.25, 0.3) is 0 Å². The lowest BCUT2D eigenvalue weighted by Gasteiger charge is -2.24. The van der Waals surface area contributed by atoms with Crippen molar-refractivity contribution in [2.24, 2.45) is 7.05 Å². The normalized spacial score (nSPS) is 12.7. The fourth-order valence-corrected chi connectivity index (χ4v) is 3.78. The highest BCUT2D eigenvalue weighted by Crippen LogP contribution is 2.28. The van der Waals surface area contributed by atoms with Gasteiger partial charge in [0.05, 0.1) is 11.6 Å². The molecule has 4 aromatic rings. The highest BCUT2D eigenvalue weighted by Gasteiger charge is 2.20. The lowest BCUT2D eigenvalue weighted by atomic mass is 10.0. The smallest absolute Gasteiger partial charge is 0.408 e. The number of hydrogen-bond donors (Lipinski definition) is 1. The second-order valence-electron chi connectivity index (χ2n) is 7.42. The topological polar surface area (TPSA) is 72.4 Å². The molecule has 0 aliphatic carbocycles. The Morgan fingerprint density at radius 3 is 2.55 bits per heavy atom. The van der Waals surface area contributed by atoms with Crippen LogP contribution < -0.4 is 11.1 Å². The minimum absolute atomic E-state index is 0.00265. The molecule has 0 fully saturated rings. The first-order chi connectivity index (χ1) is 14.0.